The van der Waals surface area contributed by atoms with Crippen molar-refractivity contribution < 1.29 is 18.7 Å². The fourth-order valence-electron chi connectivity index (χ4n) is 1.58. The Morgan fingerprint density at radius 3 is 2.55 bits per heavy atom. The third-order valence-corrected chi connectivity index (χ3v) is 3.37. The molecule has 2 aromatic rings. The number of rotatable bonds is 6. The molecule has 1 aromatic heterocycles. The number of carboxylic acid groups (broad SMARTS) is 1. The van der Waals surface area contributed by atoms with E-state index in [1.807, 2.05) is 6.07 Å². The van der Waals surface area contributed by atoms with Gasteiger partial charge in [-0.2, -0.15) is 0 Å². The lowest BCUT2D eigenvalue weighted by molar-refractivity contribution is -0.137. The summed E-state index contributed by atoms with van der Waals surface area (Å²) in [7, 11) is 0. The first-order valence-corrected chi connectivity index (χ1v) is 6.52. The predicted octanol–water partition coefficient (Wildman–Crippen LogP) is 2.58. The van der Waals surface area contributed by atoms with Crippen LogP contribution in [0.15, 0.2) is 30.3 Å². The van der Waals surface area contributed by atoms with Gasteiger partial charge in [-0.15, -0.1) is 10.2 Å². The van der Waals surface area contributed by atoms with E-state index in [-0.39, 0.29) is 11.6 Å². The van der Waals surface area contributed by atoms with E-state index in [1.165, 1.54) is 0 Å². The highest BCUT2D eigenvalue weighted by molar-refractivity contribution is 7.15. The van der Waals surface area contributed by atoms with Crippen molar-refractivity contribution in [1.82, 2.24) is 10.2 Å². The van der Waals surface area contributed by atoms with Gasteiger partial charge in [0.25, 0.3) is 6.43 Å². The van der Waals surface area contributed by atoms with Crippen LogP contribution in [0, 0.1) is 0 Å². The van der Waals surface area contributed by atoms with Crippen LogP contribution in [0.2, 0.25) is 0 Å². The van der Waals surface area contributed by atoms with Crippen LogP contribution in [0.4, 0.5) is 13.9 Å². The molecule has 0 unspecified atom stereocenters. The molecule has 0 aliphatic heterocycles. The quantitative estimate of drug-likeness (QED) is 0.857. The molecule has 8 heteroatoms. The highest BCUT2D eigenvalue weighted by Crippen LogP contribution is 2.25. The highest BCUT2D eigenvalue weighted by atomic mass is 32.1. The molecule has 0 aliphatic carbocycles. The Balaban J connectivity index is 2.07. The Morgan fingerprint density at radius 2 is 2.00 bits per heavy atom. The van der Waals surface area contributed by atoms with Gasteiger partial charge < -0.3 is 10.4 Å². The second kappa shape index (κ2) is 6.38. The van der Waals surface area contributed by atoms with Gasteiger partial charge >= 0.3 is 5.97 Å². The molecule has 0 amide bonds. The van der Waals surface area contributed by atoms with Crippen LogP contribution in [-0.4, -0.2) is 27.3 Å². The van der Waals surface area contributed by atoms with Crippen molar-refractivity contribution in [2.75, 3.05) is 5.32 Å². The third-order valence-electron chi connectivity index (χ3n) is 2.51. The molecule has 106 valence electrons. The molecule has 1 heterocycles. The molecule has 0 radical (unpaired) electrons. The molecule has 0 spiro atoms. The topological polar surface area (TPSA) is 75.1 Å². The van der Waals surface area contributed by atoms with Crippen LogP contribution in [0.5, 0.6) is 0 Å². The van der Waals surface area contributed by atoms with Crippen molar-refractivity contribution in [3.8, 4) is 0 Å². The Kier molecular flexibility index (Phi) is 4.57. The summed E-state index contributed by atoms with van der Waals surface area (Å²) in [6, 6.07) is 8.06. The van der Waals surface area contributed by atoms with E-state index in [4.69, 9.17) is 5.11 Å². The molecule has 20 heavy (non-hydrogen) atoms. The summed E-state index contributed by atoms with van der Waals surface area (Å²) >= 11 is 0.651. The van der Waals surface area contributed by atoms with E-state index in [2.05, 4.69) is 15.5 Å². The molecule has 0 saturated heterocycles. The summed E-state index contributed by atoms with van der Waals surface area (Å²) in [6.07, 6.45) is -2.49. The molecular weight excluding hydrogens is 288 g/mol. The van der Waals surface area contributed by atoms with E-state index >= 15 is 0 Å². The second-order valence-corrected chi connectivity index (χ2v) is 4.98. The van der Waals surface area contributed by atoms with E-state index in [0.29, 0.717) is 11.3 Å². The second-order valence-electron chi connectivity index (χ2n) is 3.97. The lowest BCUT2D eigenvalue weighted by atomic mass is 10.1. The molecule has 0 aliphatic rings. The Labute approximate surface area is 117 Å². The first-order chi connectivity index (χ1) is 9.56. The highest BCUT2D eigenvalue weighted by Gasteiger charge is 2.21. The van der Waals surface area contributed by atoms with Crippen molar-refractivity contribution in [1.29, 1.82) is 0 Å². The maximum Gasteiger partial charge on any atom is 0.326 e. The number of anilines is 1. The van der Waals surface area contributed by atoms with Gasteiger partial charge in [-0.25, -0.2) is 13.6 Å². The van der Waals surface area contributed by atoms with Crippen LogP contribution < -0.4 is 5.32 Å². The molecule has 2 N–H and O–H groups in total. The van der Waals surface area contributed by atoms with E-state index in [9.17, 15) is 13.6 Å². The van der Waals surface area contributed by atoms with E-state index in [1.54, 1.807) is 24.3 Å². The first kappa shape index (κ1) is 14.3. The average Bonchev–Trinajstić information content (AvgIpc) is 2.88. The SMILES string of the molecule is O=C(O)[C@H](Cc1ccccc1)Nc1nnc(C(F)F)s1. The standard InChI is InChI=1S/C12H11F2N3O2S/c13-9(14)10-16-17-12(20-10)15-8(11(18)19)6-7-4-2-1-3-5-7/h1-5,8-9H,6H2,(H,15,17)(H,18,19)/t8-/m0/s1. The van der Waals surface area contributed by atoms with Gasteiger partial charge in [0.05, 0.1) is 0 Å². The summed E-state index contributed by atoms with van der Waals surface area (Å²) in [4.78, 5) is 11.2. The summed E-state index contributed by atoms with van der Waals surface area (Å²) < 4.78 is 24.8. The van der Waals surface area contributed by atoms with Gasteiger partial charge in [-0.1, -0.05) is 41.7 Å². The number of nitrogens with zero attached hydrogens (tertiary/aromatic N) is 2. The lowest BCUT2D eigenvalue weighted by Crippen LogP contribution is -2.31. The van der Waals surface area contributed by atoms with Crippen molar-refractivity contribution in [2.45, 2.75) is 18.9 Å². The maximum absolute atomic E-state index is 12.4. The van der Waals surface area contributed by atoms with Crippen molar-refractivity contribution in [3.63, 3.8) is 0 Å². The van der Waals surface area contributed by atoms with Crippen molar-refractivity contribution >= 4 is 22.4 Å². The van der Waals surface area contributed by atoms with Gasteiger partial charge in [0, 0.05) is 6.42 Å². The fraction of sp³-hybridized carbons (Fsp3) is 0.250. The van der Waals surface area contributed by atoms with Crippen molar-refractivity contribution in [2.24, 2.45) is 0 Å². The Bertz CT molecular complexity index is 577. The zero-order valence-electron chi connectivity index (χ0n) is 10.2. The van der Waals surface area contributed by atoms with E-state index in [0.717, 1.165) is 5.56 Å². The molecule has 1 aromatic carbocycles. The molecular formula is C12H11F2N3O2S. The van der Waals surface area contributed by atoms with Crippen LogP contribution in [0.1, 0.15) is 17.0 Å². The van der Waals surface area contributed by atoms with Crippen molar-refractivity contribution in [3.05, 3.63) is 40.9 Å². The minimum absolute atomic E-state index is 0.0728. The zero-order chi connectivity index (χ0) is 14.5. The normalized spacial score (nSPS) is 12.3. The molecule has 0 fully saturated rings. The molecule has 1 atom stereocenters. The number of carboxylic acids is 1. The number of benzene rings is 1. The van der Waals surface area contributed by atoms with Gasteiger partial charge in [-0.05, 0) is 5.56 Å². The number of hydrogen-bond donors (Lipinski definition) is 2. The van der Waals surface area contributed by atoms with Crippen LogP contribution in [-0.2, 0) is 11.2 Å². The number of nitrogens with one attached hydrogen (secondary N) is 1. The molecule has 2 rings (SSSR count). The summed E-state index contributed by atoms with van der Waals surface area (Å²) in [5.74, 6) is -1.08. The van der Waals surface area contributed by atoms with Crippen LogP contribution >= 0.6 is 11.3 Å². The minimum Gasteiger partial charge on any atom is -0.480 e. The average molecular weight is 299 g/mol. The van der Waals surface area contributed by atoms with Gasteiger partial charge in [0.15, 0.2) is 5.01 Å². The zero-order valence-corrected chi connectivity index (χ0v) is 11.0. The van der Waals surface area contributed by atoms with Gasteiger partial charge in [0.1, 0.15) is 6.04 Å². The fourth-order valence-corrected chi connectivity index (χ4v) is 2.23. The summed E-state index contributed by atoms with van der Waals surface area (Å²) in [5, 5.41) is 18.2. The van der Waals surface area contributed by atoms with E-state index < -0.39 is 23.4 Å². The smallest absolute Gasteiger partial charge is 0.326 e. The third kappa shape index (κ3) is 3.70. The van der Waals surface area contributed by atoms with Gasteiger partial charge in [-0.3, -0.25) is 0 Å². The lowest BCUT2D eigenvalue weighted by Gasteiger charge is -2.13. The number of aromatic nitrogens is 2. The number of halogens is 2. The Hall–Kier alpha value is -2.09. The Morgan fingerprint density at radius 1 is 1.30 bits per heavy atom. The number of hydrogen-bond acceptors (Lipinski definition) is 5. The maximum atomic E-state index is 12.4. The van der Waals surface area contributed by atoms with Crippen LogP contribution in [0.3, 0.4) is 0 Å². The molecule has 0 bridgehead atoms. The minimum atomic E-state index is -2.71. The number of alkyl halides is 2. The number of aliphatic carboxylic acids is 1. The molecule has 0 saturated carbocycles. The summed E-state index contributed by atoms with van der Waals surface area (Å²) in [5.41, 5.74) is 0.825. The van der Waals surface area contributed by atoms with Gasteiger partial charge in [0.2, 0.25) is 5.13 Å². The predicted molar refractivity (Wildman–Crippen MR) is 70.1 cm³/mol. The molecule has 5 nitrogen and oxygen atoms in total. The monoisotopic (exact) mass is 299 g/mol. The largest absolute Gasteiger partial charge is 0.480 e. The first-order valence-electron chi connectivity index (χ1n) is 5.71. The van der Waals surface area contributed by atoms with Crippen LogP contribution in [0.25, 0.3) is 0 Å². The summed E-state index contributed by atoms with van der Waals surface area (Å²) in [6.45, 7) is 0. The number of carbonyl (C=O) groups is 1.